The average Bonchev–Trinajstić information content (AvgIpc) is 2.84. The first-order valence-electron chi connectivity index (χ1n) is 10.7. The number of esters is 1. The van der Waals surface area contributed by atoms with E-state index in [-0.39, 0.29) is 17.3 Å². The standard InChI is InChI=1S/C26H25NO5/c1-31-25(29)21-9-5-10-22(16-21)26(30)32-27-14-12-19(13-15-27)24(28)17-20-8-4-7-18-6-2-3-11-23(18)20/h2-11,16,19H,12-15,17H2,1H3. The Bertz CT molecular complexity index is 1140. The van der Waals surface area contributed by atoms with E-state index in [1.165, 1.54) is 13.2 Å². The van der Waals surface area contributed by atoms with Gasteiger partial charge in [0.1, 0.15) is 5.78 Å². The second-order valence-electron chi connectivity index (χ2n) is 7.94. The zero-order valence-electron chi connectivity index (χ0n) is 18.0. The molecule has 0 unspecified atom stereocenters. The van der Waals surface area contributed by atoms with Crippen LogP contribution >= 0.6 is 0 Å². The Morgan fingerprint density at radius 3 is 2.28 bits per heavy atom. The van der Waals surface area contributed by atoms with E-state index in [1.54, 1.807) is 23.3 Å². The number of fused-ring (bicyclic) bond motifs is 1. The molecule has 1 heterocycles. The highest BCUT2D eigenvalue weighted by molar-refractivity contribution is 5.95. The molecule has 0 N–H and O–H groups in total. The molecule has 1 aliphatic heterocycles. The number of carbonyl (C=O) groups excluding carboxylic acids is 3. The van der Waals surface area contributed by atoms with Crippen LogP contribution < -0.4 is 0 Å². The summed E-state index contributed by atoms with van der Waals surface area (Å²) in [4.78, 5) is 42.5. The number of ketones is 1. The van der Waals surface area contributed by atoms with Crippen molar-refractivity contribution in [3.63, 3.8) is 0 Å². The summed E-state index contributed by atoms with van der Waals surface area (Å²) in [5, 5.41) is 3.84. The van der Waals surface area contributed by atoms with Gasteiger partial charge in [-0.3, -0.25) is 4.79 Å². The maximum absolute atomic E-state index is 12.9. The molecule has 1 saturated heterocycles. The molecule has 3 aromatic rings. The second-order valence-corrected chi connectivity index (χ2v) is 7.94. The Labute approximate surface area is 186 Å². The van der Waals surface area contributed by atoms with Crippen molar-refractivity contribution in [3.8, 4) is 0 Å². The van der Waals surface area contributed by atoms with Crippen LogP contribution in [-0.2, 0) is 20.8 Å². The van der Waals surface area contributed by atoms with Crippen LogP contribution in [0.5, 0.6) is 0 Å². The summed E-state index contributed by atoms with van der Waals surface area (Å²) in [6.07, 6.45) is 1.68. The third kappa shape index (κ3) is 4.86. The van der Waals surface area contributed by atoms with Crippen LogP contribution in [0.3, 0.4) is 0 Å². The molecule has 32 heavy (non-hydrogen) atoms. The lowest BCUT2D eigenvalue weighted by molar-refractivity contribution is -0.138. The number of hydrogen-bond donors (Lipinski definition) is 0. The fourth-order valence-electron chi connectivity index (χ4n) is 4.11. The first kappa shape index (κ1) is 21.7. The summed E-state index contributed by atoms with van der Waals surface area (Å²) in [7, 11) is 1.29. The average molecular weight is 431 g/mol. The lowest BCUT2D eigenvalue weighted by Crippen LogP contribution is -2.38. The van der Waals surface area contributed by atoms with Crippen molar-refractivity contribution in [2.45, 2.75) is 19.3 Å². The van der Waals surface area contributed by atoms with E-state index >= 15 is 0 Å². The van der Waals surface area contributed by atoms with Gasteiger partial charge >= 0.3 is 11.9 Å². The number of ether oxygens (including phenoxy) is 1. The molecule has 0 spiro atoms. The number of benzene rings is 3. The number of methoxy groups -OCH3 is 1. The fraction of sp³-hybridized carbons (Fsp3) is 0.269. The summed E-state index contributed by atoms with van der Waals surface area (Å²) in [6, 6.07) is 20.4. The Balaban J connectivity index is 1.32. The van der Waals surface area contributed by atoms with E-state index < -0.39 is 11.9 Å². The number of piperidine rings is 1. The van der Waals surface area contributed by atoms with Crippen LogP contribution in [0.25, 0.3) is 10.8 Å². The smallest absolute Gasteiger partial charge is 0.357 e. The van der Waals surface area contributed by atoms with Gasteiger partial charge in [-0.15, -0.1) is 5.06 Å². The van der Waals surface area contributed by atoms with Crippen molar-refractivity contribution in [1.82, 2.24) is 5.06 Å². The SMILES string of the molecule is COC(=O)c1cccc(C(=O)ON2CCC(C(=O)Cc3cccc4ccccc34)CC2)c1. The number of carbonyl (C=O) groups is 3. The molecule has 4 rings (SSSR count). The van der Waals surface area contributed by atoms with Crippen LogP contribution in [0, 0.1) is 5.92 Å². The highest BCUT2D eigenvalue weighted by atomic mass is 16.7. The Kier molecular flexibility index (Phi) is 6.61. The molecule has 0 aromatic heterocycles. The van der Waals surface area contributed by atoms with Gasteiger partial charge in [-0.1, -0.05) is 48.5 Å². The van der Waals surface area contributed by atoms with Gasteiger partial charge < -0.3 is 9.57 Å². The Morgan fingerprint density at radius 1 is 0.875 bits per heavy atom. The third-order valence-corrected chi connectivity index (χ3v) is 5.89. The van der Waals surface area contributed by atoms with Crippen LogP contribution in [-0.4, -0.2) is 43.0 Å². The molecule has 1 aliphatic rings. The number of Topliss-reactive ketones (excluding diaryl/α,β-unsaturated/α-hetero) is 1. The molecular formula is C26H25NO5. The van der Waals surface area contributed by atoms with E-state index in [1.807, 2.05) is 24.3 Å². The predicted molar refractivity (Wildman–Crippen MR) is 120 cm³/mol. The van der Waals surface area contributed by atoms with Gasteiger partial charge in [0.25, 0.3) is 0 Å². The summed E-state index contributed by atoms with van der Waals surface area (Å²) >= 11 is 0. The molecule has 0 saturated carbocycles. The van der Waals surface area contributed by atoms with E-state index in [4.69, 9.17) is 4.84 Å². The van der Waals surface area contributed by atoms with Crippen LogP contribution in [0.15, 0.2) is 66.7 Å². The van der Waals surface area contributed by atoms with Gasteiger partial charge in [-0.05, 0) is 47.4 Å². The van der Waals surface area contributed by atoms with Crippen LogP contribution in [0.1, 0.15) is 39.1 Å². The normalized spacial score (nSPS) is 14.8. The lowest BCUT2D eigenvalue weighted by Gasteiger charge is -2.29. The topological polar surface area (TPSA) is 72.9 Å². The molecule has 0 amide bonds. The zero-order chi connectivity index (χ0) is 22.5. The highest BCUT2D eigenvalue weighted by Crippen LogP contribution is 2.24. The third-order valence-electron chi connectivity index (χ3n) is 5.89. The van der Waals surface area contributed by atoms with Gasteiger partial charge in [-0.2, -0.15) is 0 Å². The van der Waals surface area contributed by atoms with Gasteiger partial charge in [0, 0.05) is 25.4 Å². The highest BCUT2D eigenvalue weighted by Gasteiger charge is 2.27. The number of hydroxylamine groups is 2. The summed E-state index contributed by atoms with van der Waals surface area (Å²) in [5.41, 5.74) is 1.62. The van der Waals surface area contributed by atoms with E-state index in [0.717, 1.165) is 16.3 Å². The molecular weight excluding hydrogens is 406 g/mol. The number of hydrogen-bond acceptors (Lipinski definition) is 6. The van der Waals surface area contributed by atoms with Crippen LogP contribution in [0.4, 0.5) is 0 Å². The Morgan fingerprint density at radius 2 is 1.53 bits per heavy atom. The van der Waals surface area contributed by atoms with Crippen molar-refractivity contribution >= 4 is 28.5 Å². The molecule has 0 aliphatic carbocycles. The first-order valence-corrected chi connectivity index (χ1v) is 10.7. The maximum atomic E-state index is 12.9. The van der Waals surface area contributed by atoms with Crippen molar-refractivity contribution in [1.29, 1.82) is 0 Å². The van der Waals surface area contributed by atoms with E-state index in [0.29, 0.717) is 37.9 Å². The number of rotatable bonds is 6. The van der Waals surface area contributed by atoms with Gasteiger partial charge in [0.15, 0.2) is 0 Å². The predicted octanol–water partition coefficient (Wildman–Crippen LogP) is 4.22. The van der Waals surface area contributed by atoms with Gasteiger partial charge in [-0.25, -0.2) is 9.59 Å². The summed E-state index contributed by atoms with van der Waals surface area (Å²) < 4.78 is 4.69. The summed E-state index contributed by atoms with van der Waals surface area (Å²) in [6.45, 7) is 0.989. The van der Waals surface area contributed by atoms with Crippen molar-refractivity contribution in [3.05, 3.63) is 83.4 Å². The Hall–Kier alpha value is -3.51. The molecule has 1 fully saturated rings. The minimum atomic E-state index is -0.531. The number of nitrogens with zero attached hydrogens (tertiary/aromatic N) is 1. The molecule has 6 nitrogen and oxygen atoms in total. The molecule has 0 bridgehead atoms. The second kappa shape index (κ2) is 9.75. The minimum absolute atomic E-state index is 0.0495. The quantitative estimate of drug-likeness (QED) is 0.544. The monoisotopic (exact) mass is 431 g/mol. The molecule has 164 valence electrons. The summed E-state index contributed by atoms with van der Waals surface area (Å²) in [5.74, 6) is -0.869. The first-order chi connectivity index (χ1) is 15.5. The van der Waals surface area contributed by atoms with Gasteiger partial charge in [0.05, 0.1) is 18.2 Å². The van der Waals surface area contributed by atoms with Crippen molar-refractivity contribution in [2.24, 2.45) is 5.92 Å². The largest absolute Gasteiger partial charge is 0.465 e. The molecule has 0 atom stereocenters. The lowest BCUT2D eigenvalue weighted by atomic mass is 9.89. The fourth-order valence-corrected chi connectivity index (χ4v) is 4.11. The van der Waals surface area contributed by atoms with E-state index in [2.05, 4.69) is 22.9 Å². The maximum Gasteiger partial charge on any atom is 0.357 e. The van der Waals surface area contributed by atoms with Crippen molar-refractivity contribution in [2.75, 3.05) is 20.2 Å². The van der Waals surface area contributed by atoms with Crippen molar-refractivity contribution < 1.29 is 24.0 Å². The van der Waals surface area contributed by atoms with Crippen LogP contribution in [0.2, 0.25) is 0 Å². The molecule has 3 aromatic carbocycles. The molecule has 6 heteroatoms. The van der Waals surface area contributed by atoms with E-state index in [9.17, 15) is 14.4 Å². The minimum Gasteiger partial charge on any atom is -0.465 e. The van der Waals surface area contributed by atoms with Gasteiger partial charge in [0.2, 0.25) is 0 Å². The zero-order valence-corrected chi connectivity index (χ0v) is 18.0. The molecule has 0 radical (unpaired) electrons.